The number of carbonyl (C=O) groups excluding carboxylic acids is 3. The van der Waals surface area contributed by atoms with Crippen LogP contribution >= 0.6 is 0 Å². The number of nitrogens with zero attached hydrogens (tertiary/aromatic N) is 1. The fourth-order valence-electron chi connectivity index (χ4n) is 3.49. The molecule has 0 saturated carbocycles. The van der Waals surface area contributed by atoms with E-state index in [1.54, 1.807) is 18.2 Å². The zero-order valence-corrected chi connectivity index (χ0v) is 14.4. The molecule has 2 aliphatic heterocycles. The van der Waals surface area contributed by atoms with Crippen molar-refractivity contribution >= 4 is 29.0 Å². The number of carbonyl (C=O) groups is 3. The number of halogens is 1. The third kappa shape index (κ3) is 3.28. The van der Waals surface area contributed by atoms with E-state index in [1.165, 1.54) is 24.3 Å². The molecule has 0 bridgehead atoms. The topological polar surface area (TPSA) is 75.7 Å². The Morgan fingerprint density at radius 3 is 2.67 bits per heavy atom. The molecule has 0 aliphatic carbocycles. The van der Waals surface area contributed by atoms with Crippen molar-refractivity contribution in [2.45, 2.75) is 18.9 Å². The van der Waals surface area contributed by atoms with E-state index < -0.39 is 24.2 Å². The van der Waals surface area contributed by atoms with Gasteiger partial charge >= 0.3 is 5.97 Å². The largest absolute Gasteiger partial charge is 0.454 e. The maximum absolute atomic E-state index is 12.9. The molecule has 0 spiro atoms. The van der Waals surface area contributed by atoms with Crippen molar-refractivity contribution in [1.29, 1.82) is 0 Å². The maximum Gasteiger partial charge on any atom is 0.338 e. The van der Waals surface area contributed by atoms with E-state index in [4.69, 9.17) is 4.74 Å². The minimum Gasteiger partial charge on any atom is -0.454 e. The van der Waals surface area contributed by atoms with Gasteiger partial charge in [-0.1, -0.05) is 0 Å². The van der Waals surface area contributed by atoms with Crippen LogP contribution in [0.3, 0.4) is 0 Å². The molecule has 6 nitrogen and oxygen atoms in total. The van der Waals surface area contributed by atoms with Gasteiger partial charge in [-0.05, 0) is 55.3 Å². The van der Waals surface area contributed by atoms with Crippen molar-refractivity contribution in [3.63, 3.8) is 0 Å². The van der Waals surface area contributed by atoms with Crippen LogP contribution in [0.15, 0.2) is 42.5 Å². The van der Waals surface area contributed by atoms with Crippen molar-refractivity contribution in [1.82, 2.24) is 0 Å². The lowest BCUT2D eigenvalue weighted by Gasteiger charge is -2.33. The number of Topliss-reactive ketones (excluding diaryl/α,β-unsaturated/α-hetero) is 1. The molecule has 1 N–H and O–H groups in total. The third-order valence-electron chi connectivity index (χ3n) is 4.86. The Morgan fingerprint density at radius 2 is 1.89 bits per heavy atom. The average molecular weight is 368 g/mol. The summed E-state index contributed by atoms with van der Waals surface area (Å²) in [6.45, 7) is 0.364. The Labute approximate surface area is 154 Å². The summed E-state index contributed by atoms with van der Waals surface area (Å²) in [5, 5.41) is 2.83. The number of fused-ring (bicyclic) bond motifs is 3. The molecule has 2 aromatic rings. The van der Waals surface area contributed by atoms with Crippen LogP contribution in [0.5, 0.6) is 0 Å². The molecule has 0 radical (unpaired) electrons. The molecule has 0 unspecified atom stereocenters. The molecule has 2 heterocycles. The van der Waals surface area contributed by atoms with Crippen LogP contribution in [0.25, 0.3) is 0 Å². The van der Waals surface area contributed by atoms with E-state index in [1.807, 2.05) is 4.90 Å². The van der Waals surface area contributed by atoms with Crippen LogP contribution in [0.2, 0.25) is 0 Å². The summed E-state index contributed by atoms with van der Waals surface area (Å²) in [7, 11) is 0. The molecule has 1 amide bonds. The lowest BCUT2D eigenvalue weighted by atomic mass is 10.1. The summed E-state index contributed by atoms with van der Waals surface area (Å²) in [5.41, 5.74) is 1.97. The molecule has 138 valence electrons. The zero-order chi connectivity index (χ0) is 19.0. The van der Waals surface area contributed by atoms with Gasteiger partial charge in [-0.25, -0.2) is 9.18 Å². The Hall–Kier alpha value is -3.22. The van der Waals surface area contributed by atoms with E-state index in [9.17, 15) is 18.8 Å². The molecular formula is C20H17FN2O4. The number of benzene rings is 2. The number of esters is 1. The van der Waals surface area contributed by atoms with Crippen molar-refractivity contribution in [3.8, 4) is 0 Å². The summed E-state index contributed by atoms with van der Waals surface area (Å²) in [4.78, 5) is 38.5. The summed E-state index contributed by atoms with van der Waals surface area (Å²) in [5.74, 6) is -1.60. The van der Waals surface area contributed by atoms with Gasteiger partial charge in [-0.15, -0.1) is 0 Å². The first-order valence-corrected chi connectivity index (χ1v) is 8.70. The molecular weight excluding hydrogens is 351 g/mol. The molecule has 1 saturated heterocycles. The van der Waals surface area contributed by atoms with Gasteiger partial charge in [0.1, 0.15) is 11.9 Å². The number of amides is 1. The highest BCUT2D eigenvalue weighted by Crippen LogP contribution is 2.37. The minimum absolute atomic E-state index is 0.0722. The molecule has 1 fully saturated rings. The highest BCUT2D eigenvalue weighted by Gasteiger charge is 2.36. The van der Waals surface area contributed by atoms with E-state index in [0.717, 1.165) is 25.1 Å². The fraction of sp³-hybridized carbons (Fsp3) is 0.250. The Bertz CT molecular complexity index is 926. The normalized spacial score (nSPS) is 17.7. The van der Waals surface area contributed by atoms with Crippen LogP contribution in [0.4, 0.5) is 15.8 Å². The van der Waals surface area contributed by atoms with Crippen LogP contribution in [0.1, 0.15) is 33.6 Å². The summed E-state index contributed by atoms with van der Waals surface area (Å²) < 4.78 is 18.0. The lowest BCUT2D eigenvalue weighted by Crippen LogP contribution is -2.43. The molecule has 2 aliphatic rings. The van der Waals surface area contributed by atoms with Gasteiger partial charge in [-0.3, -0.25) is 9.59 Å². The van der Waals surface area contributed by atoms with E-state index in [0.29, 0.717) is 5.69 Å². The van der Waals surface area contributed by atoms with E-state index >= 15 is 0 Å². The van der Waals surface area contributed by atoms with Crippen LogP contribution < -0.4 is 10.2 Å². The molecule has 27 heavy (non-hydrogen) atoms. The predicted molar refractivity (Wildman–Crippen MR) is 96.5 cm³/mol. The van der Waals surface area contributed by atoms with Gasteiger partial charge in [-0.2, -0.15) is 0 Å². The number of hydrogen-bond acceptors (Lipinski definition) is 5. The van der Waals surface area contributed by atoms with Crippen molar-refractivity contribution in [2.75, 3.05) is 23.4 Å². The van der Waals surface area contributed by atoms with Crippen LogP contribution in [-0.4, -0.2) is 36.9 Å². The first-order valence-electron chi connectivity index (χ1n) is 8.70. The minimum atomic E-state index is -0.661. The quantitative estimate of drug-likeness (QED) is 0.663. The molecule has 7 heteroatoms. The van der Waals surface area contributed by atoms with Crippen molar-refractivity contribution in [2.24, 2.45) is 0 Å². The second-order valence-corrected chi connectivity index (χ2v) is 6.58. The number of rotatable bonds is 4. The van der Waals surface area contributed by atoms with Crippen molar-refractivity contribution in [3.05, 3.63) is 59.4 Å². The van der Waals surface area contributed by atoms with Gasteiger partial charge in [0, 0.05) is 12.1 Å². The van der Waals surface area contributed by atoms with Gasteiger partial charge < -0.3 is 15.0 Å². The number of anilines is 2. The first-order chi connectivity index (χ1) is 13.0. The van der Waals surface area contributed by atoms with Crippen molar-refractivity contribution < 1.29 is 23.5 Å². The highest BCUT2D eigenvalue weighted by molar-refractivity contribution is 6.06. The number of hydrogen-bond donors (Lipinski definition) is 1. The number of ketones is 1. The second kappa shape index (κ2) is 6.83. The fourth-order valence-corrected chi connectivity index (χ4v) is 3.49. The van der Waals surface area contributed by atoms with Gasteiger partial charge in [0.2, 0.25) is 5.91 Å². The second-order valence-electron chi connectivity index (χ2n) is 6.58. The zero-order valence-electron chi connectivity index (χ0n) is 14.4. The maximum atomic E-state index is 12.9. The first kappa shape index (κ1) is 17.2. The third-order valence-corrected chi connectivity index (χ3v) is 4.86. The molecule has 1 atom stereocenters. The number of nitrogens with one attached hydrogen (secondary N) is 1. The predicted octanol–water partition coefficient (Wildman–Crippen LogP) is 2.79. The SMILES string of the molecule is O=C(COC(=O)c1ccc2c(c1)NC(=O)[C@@H]1CCCN21)c1ccc(F)cc1. The molecule has 4 rings (SSSR count). The summed E-state index contributed by atoms with van der Waals surface area (Å²) in [6, 6.07) is 9.84. The van der Waals surface area contributed by atoms with Crippen LogP contribution in [-0.2, 0) is 9.53 Å². The average Bonchev–Trinajstić information content (AvgIpc) is 3.17. The standard InChI is InChI=1S/C20H17FN2O4/c21-14-6-3-12(4-7-14)18(24)11-27-20(26)13-5-8-16-15(10-13)22-19(25)17-2-1-9-23(16)17/h3-8,10,17H,1-2,9,11H2,(H,22,25)/t17-/m0/s1. The van der Waals surface area contributed by atoms with Gasteiger partial charge in [0.05, 0.1) is 16.9 Å². The Morgan fingerprint density at radius 1 is 1.15 bits per heavy atom. The van der Waals surface area contributed by atoms with Gasteiger partial charge in [0.25, 0.3) is 0 Å². The molecule has 0 aromatic heterocycles. The number of ether oxygens (including phenoxy) is 1. The monoisotopic (exact) mass is 368 g/mol. The molecule has 2 aromatic carbocycles. The highest BCUT2D eigenvalue weighted by atomic mass is 19.1. The Kier molecular flexibility index (Phi) is 4.35. The Balaban J connectivity index is 1.45. The van der Waals surface area contributed by atoms with Gasteiger partial charge in [0.15, 0.2) is 12.4 Å². The summed E-state index contributed by atoms with van der Waals surface area (Å²) >= 11 is 0. The lowest BCUT2D eigenvalue weighted by molar-refractivity contribution is -0.117. The van der Waals surface area contributed by atoms with E-state index in [-0.39, 0.29) is 23.1 Å². The summed E-state index contributed by atoms with van der Waals surface area (Å²) in [6.07, 6.45) is 1.77. The van der Waals surface area contributed by atoms with E-state index in [2.05, 4.69) is 5.32 Å². The van der Waals surface area contributed by atoms with Crippen LogP contribution in [0, 0.1) is 5.82 Å². The smallest absolute Gasteiger partial charge is 0.338 e.